The van der Waals surface area contributed by atoms with Crippen LogP contribution in [0.25, 0.3) is 22.2 Å². The normalized spacial score (nSPS) is 28.5. The Labute approximate surface area is 307 Å². The first kappa shape index (κ1) is 32.4. The van der Waals surface area contributed by atoms with Crippen LogP contribution in [-0.2, 0) is 9.59 Å². The first-order valence-corrected chi connectivity index (χ1v) is 19.4. The molecule has 6 aliphatic rings. The third-order valence-electron chi connectivity index (χ3n) is 12.4. The molecule has 12 nitrogen and oxygen atoms in total. The fourth-order valence-corrected chi connectivity index (χ4v) is 10.1. The second-order valence-corrected chi connectivity index (χ2v) is 15.8. The first-order valence-electron chi connectivity index (χ1n) is 19.4. The van der Waals surface area contributed by atoms with Gasteiger partial charge in [0, 0.05) is 41.4 Å². The monoisotopic (exact) mass is 712 g/mol. The number of oxazole rings is 2. The number of anilines is 2. The van der Waals surface area contributed by atoms with Crippen LogP contribution in [0, 0.1) is 12.8 Å². The van der Waals surface area contributed by atoms with E-state index >= 15 is 0 Å². The van der Waals surface area contributed by atoms with Crippen LogP contribution in [0.15, 0.2) is 83.8 Å². The van der Waals surface area contributed by atoms with Crippen molar-refractivity contribution in [3.05, 3.63) is 70.6 Å². The maximum Gasteiger partial charge on any atom is 0.302 e. The number of hydrogen-bond acceptors (Lipinski definition) is 12. The number of aliphatic imine (C=N–C) groups is 2. The number of aryl methyl sites for hydroxylation is 1. The van der Waals surface area contributed by atoms with Gasteiger partial charge in [-0.2, -0.15) is 9.97 Å². The molecule has 4 aliphatic carbocycles. The minimum atomic E-state index is -0.758. The Morgan fingerprint density at radius 1 is 0.830 bits per heavy atom. The minimum absolute atomic E-state index is 0.0823. The molecule has 4 heterocycles. The molecule has 10 rings (SSSR count). The molecule has 0 radical (unpaired) electrons. The summed E-state index contributed by atoms with van der Waals surface area (Å²) in [6.07, 6.45) is 10.0. The average molecular weight is 713 g/mol. The number of benzene rings is 2. The number of hydrogen-bond donors (Lipinski definition) is 3. The van der Waals surface area contributed by atoms with Crippen molar-refractivity contribution in [2.75, 3.05) is 10.6 Å². The molecule has 2 spiro atoms. The van der Waals surface area contributed by atoms with E-state index in [1.807, 2.05) is 49.4 Å². The third kappa shape index (κ3) is 5.31. The molecule has 4 aromatic rings. The molecule has 2 saturated carbocycles. The van der Waals surface area contributed by atoms with Crippen molar-refractivity contribution in [3.8, 4) is 0 Å². The molecule has 272 valence electrons. The molecule has 2 aliphatic heterocycles. The predicted octanol–water partition coefficient (Wildman–Crippen LogP) is 7.69. The SMILES string of the molecule is CCC1CC[C@]2(C1)N=C(Nc1nc3ccccc3o1)N(C1CCC3(C1)N=C(Nc1nc4ccc(C)cc4o1)NC1=C3C(=O)CCC1)C1=C2C(=O)CCC1. The molecule has 12 heteroatoms. The number of carbonyl (C=O) groups excluding carboxylic acids is 2. The minimum Gasteiger partial charge on any atom is -0.423 e. The van der Waals surface area contributed by atoms with Gasteiger partial charge >= 0.3 is 12.0 Å². The number of rotatable bonds is 4. The zero-order chi connectivity index (χ0) is 35.9. The summed E-state index contributed by atoms with van der Waals surface area (Å²) in [6, 6.07) is 14.3. The van der Waals surface area contributed by atoms with Crippen LogP contribution in [0.3, 0.4) is 0 Å². The number of ketones is 2. The Morgan fingerprint density at radius 2 is 1.57 bits per heavy atom. The highest BCUT2D eigenvalue weighted by Crippen LogP contribution is 2.53. The number of para-hydroxylation sites is 2. The van der Waals surface area contributed by atoms with E-state index in [1.165, 1.54) is 0 Å². The molecule has 3 unspecified atom stereocenters. The Balaban J connectivity index is 1.05. The van der Waals surface area contributed by atoms with Crippen molar-refractivity contribution in [3.63, 3.8) is 0 Å². The summed E-state index contributed by atoms with van der Waals surface area (Å²) >= 11 is 0. The summed E-state index contributed by atoms with van der Waals surface area (Å²) in [5.41, 5.74) is 6.37. The zero-order valence-electron chi connectivity index (χ0n) is 30.3. The topological polar surface area (TPSA) is 150 Å². The highest BCUT2D eigenvalue weighted by atomic mass is 16.4. The summed E-state index contributed by atoms with van der Waals surface area (Å²) in [5.74, 6) is 2.09. The lowest BCUT2D eigenvalue weighted by molar-refractivity contribution is -0.117. The Kier molecular flexibility index (Phi) is 7.42. The van der Waals surface area contributed by atoms with Crippen molar-refractivity contribution in [2.45, 2.75) is 114 Å². The number of Topliss-reactive ketones (excluding diaryl/α,β-unsaturated/α-hetero) is 2. The second kappa shape index (κ2) is 12.1. The molecule has 0 saturated heterocycles. The van der Waals surface area contributed by atoms with E-state index in [1.54, 1.807) is 0 Å². The number of fused-ring (bicyclic) bond motifs is 4. The van der Waals surface area contributed by atoms with Gasteiger partial charge in [0.1, 0.15) is 11.0 Å². The molecule has 0 amide bonds. The van der Waals surface area contributed by atoms with Gasteiger partial charge in [0.15, 0.2) is 22.7 Å². The van der Waals surface area contributed by atoms with E-state index in [2.05, 4.69) is 32.8 Å². The Hall–Kier alpha value is -5.26. The van der Waals surface area contributed by atoms with Crippen LogP contribution in [0.2, 0.25) is 0 Å². The van der Waals surface area contributed by atoms with Crippen LogP contribution >= 0.6 is 0 Å². The smallest absolute Gasteiger partial charge is 0.302 e. The lowest BCUT2D eigenvalue weighted by Crippen LogP contribution is -2.53. The van der Waals surface area contributed by atoms with Crippen LogP contribution < -0.4 is 16.0 Å². The molecule has 2 fully saturated rings. The van der Waals surface area contributed by atoms with Crippen molar-refractivity contribution in [1.29, 1.82) is 0 Å². The van der Waals surface area contributed by atoms with Crippen LogP contribution in [0.1, 0.15) is 96.0 Å². The van der Waals surface area contributed by atoms with E-state index in [9.17, 15) is 9.59 Å². The van der Waals surface area contributed by atoms with Gasteiger partial charge < -0.3 is 19.1 Å². The summed E-state index contributed by atoms with van der Waals surface area (Å²) in [7, 11) is 0. The summed E-state index contributed by atoms with van der Waals surface area (Å²) in [5, 5.41) is 10.3. The number of guanidine groups is 2. The number of carbonyl (C=O) groups is 2. The lowest BCUT2D eigenvalue weighted by atomic mass is 9.76. The van der Waals surface area contributed by atoms with Gasteiger partial charge in [-0.15, -0.1) is 0 Å². The van der Waals surface area contributed by atoms with Gasteiger partial charge in [-0.3, -0.25) is 20.2 Å². The van der Waals surface area contributed by atoms with Gasteiger partial charge in [-0.05, 0) is 107 Å². The molecule has 0 bridgehead atoms. The van der Waals surface area contributed by atoms with Crippen molar-refractivity contribution in [2.24, 2.45) is 15.9 Å². The number of nitrogens with one attached hydrogen (secondary N) is 3. The lowest BCUT2D eigenvalue weighted by Gasteiger charge is -2.45. The van der Waals surface area contributed by atoms with Gasteiger partial charge in [-0.25, -0.2) is 9.98 Å². The van der Waals surface area contributed by atoms with Gasteiger partial charge in [0.2, 0.25) is 11.9 Å². The molecule has 2 aromatic heterocycles. The van der Waals surface area contributed by atoms with E-state index in [0.717, 1.165) is 96.9 Å². The average Bonchev–Trinajstić information content (AvgIpc) is 3.93. The fourth-order valence-electron chi connectivity index (χ4n) is 10.1. The largest absolute Gasteiger partial charge is 0.423 e. The summed E-state index contributed by atoms with van der Waals surface area (Å²) in [4.78, 5) is 50.5. The summed E-state index contributed by atoms with van der Waals surface area (Å²) < 4.78 is 12.3. The third-order valence-corrected chi connectivity index (χ3v) is 12.4. The van der Waals surface area contributed by atoms with E-state index in [4.69, 9.17) is 23.8 Å². The van der Waals surface area contributed by atoms with E-state index in [-0.39, 0.29) is 17.6 Å². The van der Waals surface area contributed by atoms with Gasteiger partial charge in [-0.1, -0.05) is 31.5 Å². The molecule has 3 N–H and O–H groups in total. The van der Waals surface area contributed by atoms with Gasteiger partial charge in [0.25, 0.3) is 0 Å². The van der Waals surface area contributed by atoms with Crippen molar-refractivity contribution in [1.82, 2.24) is 20.2 Å². The Bertz CT molecular complexity index is 2300. The quantitative estimate of drug-likeness (QED) is 0.192. The maximum atomic E-state index is 14.0. The molecule has 53 heavy (non-hydrogen) atoms. The summed E-state index contributed by atoms with van der Waals surface area (Å²) in [6.45, 7) is 4.26. The first-order chi connectivity index (χ1) is 25.8. The van der Waals surface area contributed by atoms with E-state index in [0.29, 0.717) is 66.7 Å². The maximum absolute atomic E-state index is 14.0. The van der Waals surface area contributed by atoms with Crippen molar-refractivity contribution >= 4 is 57.7 Å². The zero-order valence-corrected chi connectivity index (χ0v) is 30.3. The van der Waals surface area contributed by atoms with Crippen LogP contribution in [0.5, 0.6) is 0 Å². The van der Waals surface area contributed by atoms with Crippen molar-refractivity contribution < 1.29 is 18.4 Å². The fraction of sp³-hybridized carbons (Fsp3) is 0.463. The molecular formula is C41H44N8O4. The number of nitrogens with zero attached hydrogens (tertiary/aromatic N) is 5. The highest BCUT2D eigenvalue weighted by molar-refractivity contribution is 6.06. The highest BCUT2D eigenvalue weighted by Gasteiger charge is 2.55. The van der Waals surface area contributed by atoms with Crippen LogP contribution in [0.4, 0.5) is 12.0 Å². The Morgan fingerprint density at radius 3 is 2.40 bits per heavy atom. The van der Waals surface area contributed by atoms with E-state index < -0.39 is 11.1 Å². The molecule has 2 aromatic carbocycles. The molecular weight excluding hydrogens is 669 g/mol. The predicted molar refractivity (Wildman–Crippen MR) is 202 cm³/mol. The molecule has 4 atom stereocenters. The van der Waals surface area contributed by atoms with Crippen LogP contribution in [-0.4, -0.2) is 55.5 Å². The standard InChI is InChI=1S/C41H44N8O4/c1-3-24-16-18-40(21-24)35-29(10-7-12-31(35)51)49(37(48-40)46-39-43-26-8-4-5-13-32(26)52-39)25-17-19-41(22-25)34-28(9-6-11-30(34)50)42-36(47-41)45-38-44-27-15-14-23(2)20-33(27)53-38/h4-5,8,13-15,20,24-25H,3,6-7,9-12,16-19,21-22H2,1-2H3,(H,43,46,48)(H2,42,44,45,47)/t24?,25?,40-,41?/m1/s1. The van der Waals surface area contributed by atoms with Gasteiger partial charge in [0.05, 0.1) is 11.1 Å². The number of allylic oxidation sites excluding steroid dienone is 2. The second-order valence-electron chi connectivity index (χ2n) is 15.8. The number of aromatic nitrogens is 2.